The number of anilines is 2. The molecule has 4 saturated carbocycles. The van der Waals surface area contributed by atoms with Crippen LogP contribution in [0.1, 0.15) is 51.9 Å². The largest absolute Gasteiger partial charge is 0.326 e. The van der Waals surface area contributed by atoms with Crippen molar-refractivity contribution >= 4 is 43.2 Å². The molecule has 7 heteroatoms. The Labute approximate surface area is 169 Å². The third-order valence-corrected chi connectivity index (χ3v) is 8.78. The van der Waals surface area contributed by atoms with E-state index in [-0.39, 0.29) is 21.4 Å². The van der Waals surface area contributed by atoms with Crippen LogP contribution in [0.25, 0.3) is 0 Å². The maximum atomic E-state index is 13.2. The summed E-state index contributed by atoms with van der Waals surface area (Å²) in [6, 6.07) is 6.95. The molecule has 4 aliphatic rings. The molecule has 0 spiro atoms. The molecule has 5 rings (SSSR count). The normalized spacial score (nSPS) is 34.4. The number of carbonyl (C=O) groups excluding carboxylic acids is 1. The van der Waals surface area contributed by atoms with Gasteiger partial charge in [0.2, 0.25) is 15.9 Å². The van der Waals surface area contributed by atoms with E-state index in [0.29, 0.717) is 23.9 Å². The van der Waals surface area contributed by atoms with Crippen molar-refractivity contribution in [1.82, 2.24) is 0 Å². The second-order valence-electron chi connectivity index (χ2n) is 8.84. The zero-order chi connectivity index (χ0) is 19.3. The van der Waals surface area contributed by atoms with Crippen molar-refractivity contribution in [1.29, 1.82) is 0 Å². The van der Waals surface area contributed by atoms with Gasteiger partial charge in [-0.05, 0) is 81.0 Å². The van der Waals surface area contributed by atoms with Gasteiger partial charge in [-0.2, -0.15) is 0 Å². The molecule has 0 radical (unpaired) electrons. The first-order valence-electron chi connectivity index (χ1n) is 9.82. The van der Waals surface area contributed by atoms with Gasteiger partial charge in [-0.1, -0.05) is 22.9 Å². The Morgan fingerprint density at radius 2 is 1.70 bits per heavy atom. The Bertz CT molecular complexity index is 823. The Hall–Kier alpha value is -1.08. The van der Waals surface area contributed by atoms with Crippen LogP contribution in [-0.2, 0) is 14.8 Å². The number of carbonyl (C=O) groups is 1. The highest BCUT2D eigenvalue weighted by molar-refractivity contribution is 9.10. The molecule has 27 heavy (non-hydrogen) atoms. The minimum Gasteiger partial charge on any atom is -0.326 e. The number of sulfonamides is 1. The van der Waals surface area contributed by atoms with E-state index in [2.05, 4.69) is 26.0 Å². The molecular formula is C20H27BrN2O3S. The van der Waals surface area contributed by atoms with Crippen LogP contribution in [0.15, 0.2) is 24.3 Å². The average Bonchev–Trinajstić information content (AvgIpc) is 2.54. The van der Waals surface area contributed by atoms with Crippen LogP contribution in [0.5, 0.6) is 0 Å². The van der Waals surface area contributed by atoms with Crippen molar-refractivity contribution in [2.45, 2.75) is 56.2 Å². The number of benzene rings is 1. The van der Waals surface area contributed by atoms with Gasteiger partial charge >= 0.3 is 0 Å². The monoisotopic (exact) mass is 454 g/mol. The lowest BCUT2D eigenvalue weighted by atomic mass is 9.49. The van der Waals surface area contributed by atoms with Crippen molar-refractivity contribution in [2.75, 3.05) is 15.8 Å². The zero-order valence-corrected chi connectivity index (χ0v) is 18.0. The van der Waals surface area contributed by atoms with Crippen LogP contribution in [0.2, 0.25) is 0 Å². The van der Waals surface area contributed by atoms with E-state index in [1.807, 2.05) is 6.92 Å². The standard InChI is InChI=1S/C20H27BrN2O3S/c1-2-7-27(25,26)23-17-5-3-16(4-6-17)22-18(24)19-9-14-8-15(10-19)12-20(21,11-14)13-19/h3-6,14-15,23H,2,7-13H2,1H3,(H,22,24). The molecule has 0 saturated heterocycles. The van der Waals surface area contributed by atoms with Crippen LogP contribution < -0.4 is 10.0 Å². The molecule has 4 aliphatic carbocycles. The van der Waals surface area contributed by atoms with Crippen molar-refractivity contribution in [3.8, 4) is 0 Å². The summed E-state index contributed by atoms with van der Waals surface area (Å²) in [6.45, 7) is 1.83. The predicted octanol–water partition coefficient (Wildman–Crippen LogP) is 4.51. The lowest BCUT2D eigenvalue weighted by Crippen LogP contribution is -2.57. The molecule has 2 unspecified atom stereocenters. The summed E-state index contributed by atoms with van der Waals surface area (Å²) >= 11 is 3.95. The second-order valence-corrected chi connectivity index (χ2v) is 12.4. The first-order chi connectivity index (χ1) is 12.7. The van der Waals surface area contributed by atoms with Crippen LogP contribution >= 0.6 is 15.9 Å². The Morgan fingerprint density at radius 3 is 2.26 bits per heavy atom. The molecule has 0 heterocycles. The minimum atomic E-state index is -3.30. The van der Waals surface area contributed by atoms with Gasteiger partial charge in [-0.3, -0.25) is 9.52 Å². The molecule has 5 nitrogen and oxygen atoms in total. The molecule has 2 atom stereocenters. The SMILES string of the molecule is CCCS(=O)(=O)Nc1ccc(NC(=O)C23CC4CC(CC(Br)(C4)C2)C3)cc1. The third kappa shape index (κ3) is 3.90. The van der Waals surface area contributed by atoms with Crippen LogP contribution in [0.4, 0.5) is 11.4 Å². The molecule has 1 aromatic carbocycles. The van der Waals surface area contributed by atoms with Gasteiger partial charge in [0, 0.05) is 15.7 Å². The predicted molar refractivity (Wildman–Crippen MR) is 112 cm³/mol. The van der Waals surface area contributed by atoms with Crippen LogP contribution in [0, 0.1) is 17.3 Å². The van der Waals surface area contributed by atoms with Gasteiger partial charge in [-0.15, -0.1) is 0 Å². The molecule has 1 amide bonds. The third-order valence-electron chi connectivity index (χ3n) is 6.36. The first kappa shape index (κ1) is 19.2. The summed E-state index contributed by atoms with van der Waals surface area (Å²) in [4.78, 5) is 13.2. The number of hydrogen-bond acceptors (Lipinski definition) is 3. The number of rotatable bonds is 6. The molecule has 4 bridgehead atoms. The molecule has 1 aromatic rings. The maximum Gasteiger partial charge on any atom is 0.232 e. The Kier molecular flexibility index (Phi) is 4.82. The zero-order valence-electron chi connectivity index (χ0n) is 15.6. The summed E-state index contributed by atoms with van der Waals surface area (Å²) in [7, 11) is -3.30. The van der Waals surface area contributed by atoms with Crippen molar-refractivity contribution in [3.05, 3.63) is 24.3 Å². The fourth-order valence-corrected chi connectivity index (χ4v) is 8.39. The van der Waals surface area contributed by atoms with Gasteiger partial charge in [0.05, 0.1) is 11.2 Å². The maximum absolute atomic E-state index is 13.2. The molecule has 2 N–H and O–H groups in total. The fraction of sp³-hybridized carbons (Fsp3) is 0.650. The summed E-state index contributed by atoms with van der Waals surface area (Å²) in [6.07, 6.45) is 7.16. The Balaban J connectivity index is 1.44. The van der Waals surface area contributed by atoms with Crippen molar-refractivity contribution < 1.29 is 13.2 Å². The second kappa shape index (κ2) is 6.76. The lowest BCUT2D eigenvalue weighted by Gasteiger charge is -2.59. The quantitative estimate of drug-likeness (QED) is 0.620. The van der Waals surface area contributed by atoms with Crippen LogP contribution in [-0.4, -0.2) is 24.4 Å². The smallest absolute Gasteiger partial charge is 0.232 e. The highest BCUT2D eigenvalue weighted by Gasteiger charge is 2.59. The minimum absolute atomic E-state index is 0.102. The van der Waals surface area contributed by atoms with E-state index in [1.165, 1.54) is 19.3 Å². The van der Waals surface area contributed by atoms with Gasteiger partial charge in [0.25, 0.3) is 0 Å². The Morgan fingerprint density at radius 1 is 1.11 bits per heavy atom. The van der Waals surface area contributed by atoms with E-state index < -0.39 is 10.0 Å². The number of alkyl halides is 1. The summed E-state index contributed by atoms with van der Waals surface area (Å²) in [5, 5.41) is 3.09. The topological polar surface area (TPSA) is 75.3 Å². The number of amides is 1. The highest BCUT2D eigenvalue weighted by Crippen LogP contribution is 2.64. The van der Waals surface area contributed by atoms with Gasteiger partial charge in [0.1, 0.15) is 0 Å². The van der Waals surface area contributed by atoms with Crippen molar-refractivity contribution in [3.63, 3.8) is 0 Å². The van der Waals surface area contributed by atoms with Crippen molar-refractivity contribution in [2.24, 2.45) is 17.3 Å². The highest BCUT2D eigenvalue weighted by atomic mass is 79.9. The molecule has 148 valence electrons. The molecule has 0 aromatic heterocycles. The first-order valence-corrected chi connectivity index (χ1v) is 12.3. The van der Waals surface area contributed by atoms with Gasteiger partial charge in [-0.25, -0.2) is 8.42 Å². The summed E-state index contributed by atoms with van der Waals surface area (Å²) in [5.74, 6) is 1.54. The van der Waals surface area contributed by atoms with E-state index in [0.717, 1.165) is 24.9 Å². The fourth-order valence-electron chi connectivity index (χ4n) is 5.80. The number of hydrogen-bond donors (Lipinski definition) is 2. The van der Waals surface area contributed by atoms with E-state index in [1.54, 1.807) is 24.3 Å². The summed E-state index contributed by atoms with van der Waals surface area (Å²) in [5.41, 5.74) is 0.989. The van der Waals surface area contributed by atoms with Gasteiger partial charge < -0.3 is 5.32 Å². The summed E-state index contributed by atoms with van der Waals surface area (Å²) < 4.78 is 26.4. The molecule has 0 aliphatic heterocycles. The van der Waals surface area contributed by atoms with E-state index in [9.17, 15) is 13.2 Å². The van der Waals surface area contributed by atoms with E-state index >= 15 is 0 Å². The van der Waals surface area contributed by atoms with Crippen LogP contribution in [0.3, 0.4) is 0 Å². The average molecular weight is 455 g/mol. The van der Waals surface area contributed by atoms with E-state index in [4.69, 9.17) is 0 Å². The molecular weight excluding hydrogens is 428 g/mol. The van der Waals surface area contributed by atoms with Gasteiger partial charge in [0.15, 0.2) is 0 Å². The lowest BCUT2D eigenvalue weighted by molar-refractivity contribution is -0.138. The number of nitrogens with one attached hydrogen (secondary N) is 2. The number of halogens is 1. The molecule has 4 fully saturated rings.